The lowest BCUT2D eigenvalue weighted by atomic mass is 9.81. The molecule has 0 aliphatic rings. The monoisotopic (exact) mass is 446 g/mol. The Bertz CT molecular complexity index is 708. The molecule has 0 aromatic heterocycles. The normalized spacial score (nSPS) is 12.1. The molecule has 1 aromatic rings. The van der Waals surface area contributed by atoms with Gasteiger partial charge in [-0.05, 0) is 60.8 Å². The van der Waals surface area contributed by atoms with Gasteiger partial charge < -0.3 is 10.2 Å². The zero-order valence-electron chi connectivity index (χ0n) is 21.0. The largest absolute Gasteiger partial charge is 0.478 e. The maximum atomic E-state index is 12.2. The second-order valence-electron chi connectivity index (χ2n) is 9.30. The van der Waals surface area contributed by atoms with Crippen molar-refractivity contribution in [3.05, 3.63) is 33.9 Å². The molecule has 0 amide bonds. The van der Waals surface area contributed by atoms with Crippen molar-refractivity contribution in [1.29, 1.82) is 0 Å². The van der Waals surface area contributed by atoms with Crippen LogP contribution in [0.4, 0.5) is 0 Å². The first-order valence-corrected chi connectivity index (χ1v) is 13.0. The lowest BCUT2D eigenvalue weighted by Gasteiger charge is -2.23. The molecule has 0 radical (unpaired) electrons. The maximum Gasteiger partial charge on any atom is 0.336 e. The predicted molar refractivity (Wildman–Crippen MR) is 133 cm³/mol. The van der Waals surface area contributed by atoms with Gasteiger partial charge in [0.05, 0.1) is 11.1 Å². The van der Waals surface area contributed by atoms with Gasteiger partial charge in [0.2, 0.25) is 0 Å². The zero-order chi connectivity index (χ0) is 23.9. The molecule has 1 unspecified atom stereocenters. The topological polar surface area (TPSA) is 74.6 Å². The third kappa shape index (κ3) is 8.96. The van der Waals surface area contributed by atoms with E-state index in [0.29, 0.717) is 6.42 Å². The van der Waals surface area contributed by atoms with Crippen molar-refractivity contribution in [2.75, 3.05) is 0 Å². The molecule has 182 valence electrons. The van der Waals surface area contributed by atoms with Crippen LogP contribution in [0.25, 0.3) is 0 Å². The van der Waals surface area contributed by atoms with E-state index in [9.17, 15) is 19.8 Å². The molecule has 0 fully saturated rings. The molecule has 1 aromatic carbocycles. The number of hydrogen-bond acceptors (Lipinski definition) is 2. The fourth-order valence-electron chi connectivity index (χ4n) is 4.61. The van der Waals surface area contributed by atoms with Crippen LogP contribution in [0.2, 0.25) is 0 Å². The molecule has 4 heteroatoms. The van der Waals surface area contributed by atoms with E-state index >= 15 is 0 Å². The fourth-order valence-corrected chi connectivity index (χ4v) is 4.61. The summed E-state index contributed by atoms with van der Waals surface area (Å²) in [7, 11) is 0. The highest BCUT2D eigenvalue weighted by Gasteiger charge is 2.26. The van der Waals surface area contributed by atoms with Gasteiger partial charge in [-0.3, -0.25) is 0 Å². The van der Waals surface area contributed by atoms with Gasteiger partial charge in [-0.25, -0.2) is 9.59 Å². The molecule has 4 nitrogen and oxygen atoms in total. The summed E-state index contributed by atoms with van der Waals surface area (Å²) < 4.78 is 0. The van der Waals surface area contributed by atoms with E-state index in [1.54, 1.807) is 6.07 Å². The van der Waals surface area contributed by atoms with Crippen molar-refractivity contribution in [1.82, 2.24) is 0 Å². The van der Waals surface area contributed by atoms with E-state index in [-0.39, 0.29) is 17.0 Å². The predicted octanol–water partition coefficient (Wildman–Crippen LogP) is 8.40. The summed E-state index contributed by atoms with van der Waals surface area (Å²) in [5.41, 5.74) is 2.94. The van der Waals surface area contributed by atoms with Crippen molar-refractivity contribution in [3.8, 4) is 0 Å². The Labute approximate surface area is 195 Å². The van der Waals surface area contributed by atoms with Crippen LogP contribution in [0.5, 0.6) is 0 Å². The van der Waals surface area contributed by atoms with Gasteiger partial charge >= 0.3 is 11.9 Å². The minimum absolute atomic E-state index is 0.0269. The van der Waals surface area contributed by atoms with Gasteiger partial charge in [-0.1, -0.05) is 91.9 Å². The summed E-state index contributed by atoms with van der Waals surface area (Å²) in [5.74, 6) is -2.03. The molecule has 1 rings (SSSR count). The van der Waals surface area contributed by atoms with Gasteiger partial charge in [-0.15, -0.1) is 0 Å². The molecular weight excluding hydrogens is 400 g/mol. The number of unbranched alkanes of at least 4 members (excludes halogenated alkanes) is 10. The minimum Gasteiger partial charge on any atom is -0.478 e. The number of hydrogen-bond donors (Lipinski definition) is 2. The number of carboxylic acid groups (broad SMARTS) is 2. The molecule has 0 aliphatic heterocycles. The second-order valence-corrected chi connectivity index (χ2v) is 9.30. The van der Waals surface area contributed by atoms with E-state index in [0.717, 1.165) is 61.6 Å². The van der Waals surface area contributed by atoms with Crippen LogP contribution < -0.4 is 0 Å². The van der Waals surface area contributed by atoms with Crippen molar-refractivity contribution in [3.63, 3.8) is 0 Å². The standard InChI is InChI=1S/C28H46O4/c1-5-8-10-12-14-16-18-22-23(19-17-15-13-11-9-6-2)26(28(31)32)25(27(29)30)20-24(22)21(4)7-3/h20-21H,5-19H2,1-4H3,(H,29,30)(H,31,32). The lowest BCUT2D eigenvalue weighted by Crippen LogP contribution is -2.17. The van der Waals surface area contributed by atoms with Crippen LogP contribution in [0, 0.1) is 0 Å². The average molecular weight is 447 g/mol. The highest BCUT2D eigenvalue weighted by Crippen LogP contribution is 2.33. The van der Waals surface area contributed by atoms with E-state index in [1.165, 1.54) is 44.9 Å². The summed E-state index contributed by atoms with van der Waals surface area (Å²) >= 11 is 0. The Kier molecular flexibility index (Phi) is 14.0. The van der Waals surface area contributed by atoms with Crippen LogP contribution in [-0.4, -0.2) is 22.2 Å². The first kappa shape index (κ1) is 28.2. The third-order valence-corrected chi connectivity index (χ3v) is 6.73. The molecular formula is C28H46O4. The minimum atomic E-state index is -1.14. The second kappa shape index (κ2) is 15.9. The van der Waals surface area contributed by atoms with E-state index < -0.39 is 11.9 Å². The van der Waals surface area contributed by atoms with Gasteiger partial charge in [0.1, 0.15) is 0 Å². The van der Waals surface area contributed by atoms with Crippen molar-refractivity contribution < 1.29 is 19.8 Å². The number of carbonyl (C=O) groups is 2. The van der Waals surface area contributed by atoms with Crippen LogP contribution in [-0.2, 0) is 12.8 Å². The molecule has 0 bridgehead atoms. The zero-order valence-corrected chi connectivity index (χ0v) is 21.0. The quantitative estimate of drug-likeness (QED) is 0.222. The molecule has 0 spiro atoms. The summed E-state index contributed by atoms with van der Waals surface area (Å²) in [6.45, 7) is 8.64. The number of aromatic carboxylic acids is 2. The van der Waals surface area contributed by atoms with Crippen molar-refractivity contribution >= 4 is 11.9 Å². The average Bonchev–Trinajstić information content (AvgIpc) is 2.77. The molecule has 0 aliphatic carbocycles. The first-order chi connectivity index (χ1) is 15.4. The number of benzene rings is 1. The molecule has 1 atom stereocenters. The van der Waals surface area contributed by atoms with Crippen LogP contribution in [0.1, 0.15) is 154 Å². The summed E-state index contributed by atoms with van der Waals surface area (Å²) in [5, 5.41) is 19.8. The van der Waals surface area contributed by atoms with E-state index in [2.05, 4.69) is 27.7 Å². The van der Waals surface area contributed by atoms with E-state index in [1.807, 2.05) is 0 Å². The third-order valence-electron chi connectivity index (χ3n) is 6.73. The molecule has 0 saturated carbocycles. The SMILES string of the molecule is CCCCCCCCc1c(C(C)CC)cc(C(=O)O)c(C(=O)O)c1CCCCCCCC. The maximum absolute atomic E-state index is 12.2. The molecule has 2 N–H and O–H groups in total. The Hall–Kier alpha value is -1.84. The van der Waals surface area contributed by atoms with Gasteiger partial charge in [0.25, 0.3) is 0 Å². The summed E-state index contributed by atoms with van der Waals surface area (Å²) in [6.07, 6.45) is 16.3. The Morgan fingerprint density at radius 3 is 1.62 bits per heavy atom. The van der Waals surface area contributed by atoms with E-state index in [4.69, 9.17) is 0 Å². The Balaban J connectivity index is 3.26. The number of carboxylic acids is 2. The highest BCUT2D eigenvalue weighted by molar-refractivity contribution is 6.03. The lowest BCUT2D eigenvalue weighted by molar-refractivity contribution is 0.0650. The van der Waals surface area contributed by atoms with Crippen LogP contribution in [0.15, 0.2) is 6.07 Å². The highest BCUT2D eigenvalue weighted by atomic mass is 16.4. The fraction of sp³-hybridized carbons (Fsp3) is 0.714. The van der Waals surface area contributed by atoms with Gasteiger partial charge in [0.15, 0.2) is 0 Å². The molecule has 0 heterocycles. The van der Waals surface area contributed by atoms with Crippen LogP contribution >= 0.6 is 0 Å². The van der Waals surface area contributed by atoms with Gasteiger partial charge in [0, 0.05) is 0 Å². The smallest absolute Gasteiger partial charge is 0.336 e. The molecule has 32 heavy (non-hydrogen) atoms. The van der Waals surface area contributed by atoms with Crippen molar-refractivity contribution in [2.24, 2.45) is 0 Å². The van der Waals surface area contributed by atoms with Gasteiger partial charge in [-0.2, -0.15) is 0 Å². The van der Waals surface area contributed by atoms with Crippen molar-refractivity contribution in [2.45, 2.75) is 130 Å². The Morgan fingerprint density at radius 2 is 1.19 bits per heavy atom. The number of rotatable bonds is 18. The molecule has 0 saturated heterocycles. The summed E-state index contributed by atoms with van der Waals surface area (Å²) in [6, 6.07) is 1.66. The first-order valence-electron chi connectivity index (χ1n) is 13.0. The van der Waals surface area contributed by atoms with Crippen LogP contribution in [0.3, 0.4) is 0 Å². The Morgan fingerprint density at radius 1 is 0.719 bits per heavy atom. The summed E-state index contributed by atoms with van der Waals surface area (Å²) in [4.78, 5) is 24.2.